The van der Waals surface area contributed by atoms with Crippen LogP contribution in [-0.2, 0) is 4.74 Å². The highest BCUT2D eigenvalue weighted by molar-refractivity contribution is 5.69. The number of hydrogen-bond acceptors (Lipinski definition) is 4. The fourth-order valence-corrected chi connectivity index (χ4v) is 2.31. The number of benzene rings is 1. The number of carbonyl (C=O) groups is 1. The van der Waals surface area contributed by atoms with Gasteiger partial charge in [-0.3, -0.25) is 0 Å². The molecular weight excluding hydrogens is 258 g/mol. The Kier molecular flexibility index (Phi) is 3.90. The van der Waals surface area contributed by atoms with Crippen molar-refractivity contribution >= 4 is 6.09 Å². The molecule has 110 valence electrons. The van der Waals surface area contributed by atoms with E-state index < -0.39 is 17.8 Å². The summed E-state index contributed by atoms with van der Waals surface area (Å²) in [5.74, 6) is 0.0355. The van der Waals surface area contributed by atoms with Crippen LogP contribution in [0.15, 0.2) is 24.3 Å². The van der Waals surface area contributed by atoms with Gasteiger partial charge in [0, 0.05) is 12.5 Å². The number of aliphatic hydroxyl groups is 1. The molecule has 0 spiro atoms. The zero-order chi connectivity index (χ0) is 14.9. The number of β-amino-alcohol motifs (C(OH)–C–C–N with tert-alkyl or cyclic N) is 1. The second-order valence-electron chi connectivity index (χ2n) is 6.15. The van der Waals surface area contributed by atoms with E-state index in [0.717, 1.165) is 5.56 Å². The smallest absolute Gasteiger partial charge is 0.410 e. The van der Waals surface area contributed by atoms with Gasteiger partial charge in [0.25, 0.3) is 0 Å². The van der Waals surface area contributed by atoms with Gasteiger partial charge in [-0.1, -0.05) is 12.1 Å². The molecule has 0 bridgehead atoms. The van der Waals surface area contributed by atoms with Crippen LogP contribution in [0.2, 0.25) is 0 Å². The van der Waals surface area contributed by atoms with Crippen molar-refractivity contribution in [1.82, 2.24) is 4.90 Å². The lowest BCUT2D eigenvalue weighted by molar-refractivity contribution is 0.0270. The highest BCUT2D eigenvalue weighted by atomic mass is 16.6. The quantitative estimate of drug-likeness (QED) is 0.826. The molecule has 1 amide bonds. The van der Waals surface area contributed by atoms with Gasteiger partial charge in [0.2, 0.25) is 0 Å². The first-order valence-electron chi connectivity index (χ1n) is 6.71. The summed E-state index contributed by atoms with van der Waals surface area (Å²) >= 11 is 0. The second-order valence-corrected chi connectivity index (χ2v) is 6.15. The van der Waals surface area contributed by atoms with Crippen LogP contribution < -0.4 is 0 Å². The number of phenols is 1. The van der Waals surface area contributed by atoms with Crippen LogP contribution in [0.4, 0.5) is 4.79 Å². The molecule has 5 nitrogen and oxygen atoms in total. The highest BCUT2D eigenvalue weighted by Gasteiger charge is 2.36. The molecule has 1 aliphatic heterocycles. The molecule has 1 aliphatic rings. The molecule has 5 heteroatoms. The molecule has 2 atom stereocenters. The molecule has 1 aromatic rings. The van der Waals surface area contributed by atoms with E-state index in [0.29, 0.717) is 6.54 Å². The number of aliphatic hydroxyl groups excluding tert-OH is 1. The number of likely N-dealkylation sites (tertiary alicyclic amines) is 1. The Hall–Kier alpha value is -1.75. The van der Waals surface area contributed by atoms with E-state index in [1.165, 1.54) is 4.90 Å². The van der Waals surface area contributed by atoms with Crippen molar-refractivity contribution in [2.24, 2.45) is 0 Å². The number of phenolic OH excluding ortho intramolecular Hbond substituents is 1. The van der Waals surface area contributed by atoms with Crippen molar-refractivity contribution < 1.29 is 19.7 Å². The summed E-state index contributed by atoms with van der Waals surface area (Å²) in [7, 11) is 0. The van der Waals surface area contributed by atoms with Gasteiger partial charge in [-0.15, -0.1) is 0 Å². The molecule has 0 unspecified atom stereocenters. The van der Waals surface area contributed by atoms with Crippen LogP contribution in [0.25, 0.3) is 0 Å². The third-order valence-electron chi connectivity index (χ3n) is 3.26. The fraction of sp³-hybridized carbons (Fsp3) is 0.533. The van der Waals surface area contributed by atoms with E-state index in [9.17, 15) is 15.0 Å². The molecule has 1 saturated heterocycles. The maximum absolute atomic E-state index is 12.0. The number of carbonyl (C=O) groups excluding carboxylic acids is 1. The van der Waals surface area contributed by atoms with Crippen LogP contribution in [0, 0.1) is 0 Å². The molecule has 2 rings (SSSR count). The monoisotopic (exact) mass is 279 g/mol. The van der Waals surface area contributed by atoms with Crippen molar-refractivity contribution in [2.45, 2.75) is 38.4 Å². The molecule has 0 aromatic heterocycles. The third-order valence-corrected chi connectivity index (χ3v) is 3.26. The lowest BCUT2D eigenvalue weighted by Gasteiger charge is -2.24. The predicted octanol–water partition coefficient (Wildman–Crippen LogP) is 2.09. The number of amides is 1. The summed E-state index contributed by atoms with van der Waals surface area (Å²) in [4.78, 5) is 13.5. The van der Waals surface area contributed by atoms with Gasteiger partial charge >= 0.3 is 6.09 Å². The van der Waals surface area contributed by atoms with Gasteiger partial charge in [0.1, 0.15) is 11.4 Å². The summed E-state index contributed by atoms with van der Waals surface area (Å²) in [6.45, 7) is 6.12. The van der Waals surface area contributed by atoms with Crippen molar-refractivity contribution in [3.05, 3.63) is 29.8 Å². The average Bonchev–Trinajstić information content (AvgIpc) is 2.70. The van der Waals surface area contributed by atoms with Crippen LogP contribution in [-0.4, -0.2) is 46.0 Å². The van der Waals surface area contributed by atoms with Gasteiger partial charge in [-0.2, -0.15) is 0 Å². The summed E-state index contributed by atoms with van der Waals surface area (Å²) in [5.41, 5.74) is 0.361. The zero-order valence-corrected chi connectivity index (χ0v) is 12.0. The van der Waals surface area contributed by atoms with E-state index in [2.05, 4.69) is 0 Å². The lowest BCUT2D eigenvalue weighted by Crippen LogP contribution is -2.35. The van der Waals surface area contributed by atoms with Crippen molar-refractivity contribution in [1.29, 1.82) is 0 Å². The van der Waals surface area contributed by atoms with Crippen molar-refractivity contribution in [3.63, 3.8) is 0 Å². The van der Waals surface area contributed by atoms with E-state index in [4.69, 9.17) is 4.74 Å². The van der Waals surface area contributed by atoms with E-state index in [1.807, 2.05) is 20.8 Å². The molecule has 1 aromatic carbocycles. The van der Waals surface area contributed by atoms with Gasteiger partial charge < -0.3 is 19.8 Å². The van der Waals surface area contributed by atoms with E-state index in [-0.39, 0.29) is 18.2 Å². The van der Waals surface area contributed by atoms with E-state index in [1.54, 1.807) is 24.3 Å². The molecule has 20 heavy (non-hydrogen) atoms. The maximum atomic E-state index is 12.0. The van der Waals surface area contributed by atoms with Gasteiger partial charge in [-0.05, 0) is 38.5 Å². The molecule has 0 aliphatic carbocycles. The first-order valence-corrected chi connectivity index (χ1v) is 6.71. The SMILES string of the molecule is CC(C)(C)OC(=O)N1C[C@H](c2ccc(O)cc2)[C@@H](O)C1. The highest BCUT2D eigenvalue weighted by Crippen LogP contribution is 2.29. The van der Waals surface area contributed by atoms with Crippen LogP contribution in [0.1, 0.15) is 32.3 Å². The standard InChI is InChI=1S/C15H21NO4/c1-15(2,3)20-14(19)16-8-12(13(18)9-16)10-4-6-11(17)7-5-10/h4-7,12-13,17-18H,8-9H2,1-3H3/t12-,13+/m1/s1. The Morgan fingerprint density at radius 1 is 1.25 bits per heavy atom. The van der Waals surface area contributed by atoms with Gasteiger partial charge in [0.05, 0.1) is 12.6 Å². The molecular formula is C15H21NO4. The van der Waals surface area contributed by atoms with Gasteiger partial charge in [0.15, 0.2) is 0 Å². The molecule has 1 fully saturated rings. The first-order chi connectivity index (χ1) is 9.26. The largest absolute Gasteiger partial charge is 0.508 e. The lowest BCUT2D eigenvalue weighted by atomic mass is 9.96. The minimum absolute atomic E-state index is 0.150. The van der Waals surface area contributed by atoms with Crippen LogP contribution >= 0.6 is 0 Å². The minimum atomic E-state index is -0.618. The van der Waals surface area contributed by atoms with Crippen molar-refractivity contribution in [3.8, 4) is 5.75 Å². The average molecular weight is 279 g/mol. The third kappa shape index (κ3) is 3.42. The van der Waals surface area contributed by atoms with Crippen molar-refractivity contribution in [2.75, 3.05) is 13.1 Å². The summed E-state index contributed by atoms with van der Waals surface area (Å²) in [6, 6.07) is 6.69. The number of aromatic hydroxyl groups is 1. The summed E-state index contributed by atoms with van der Waals surface area (Å²) < 4.78 is 5.31. The first kappa shape index (κ1) is 14.7. The summed E-state index contributed by atoms with van der Waals surface area (Å²) in [5, 5.41) is 19.4. The number of nitrogens with zero attached hydrogens (tertiary/aromatic N) is 1. The molecule has 1 heterocycles. The topological polar surface area (TPSA) is 70.0 Å². The Labute approximate surface area is 118 Å². The molecule has 0 saturated carbocycles. The summed E-state index contributed by atoms with van der Waals surface area (Å²) in [6.07, 6.45) is -1.02. The minimum Gasteiger partial charge on any atom is -0.508 e. The fourth-order valence-electron chi connectivity index (χ4n) is 2.31. The Morgan fingerprint density at radius 2 is 1.85 bits per heavy atom. The normalized spacial score (nSPS) is 22.9. The second kappa shape index (κ2) is 5.32. The Balaban J connectivity index is 2.05. The maximum Gasteiger partial charge on any atom is 0.410 e. The molecule has 0 radical (unpaired) electrons. The molecule has 2 N–H and O–H groups in total. The Bertz CT molecular complexity index is 478. The van der Waals surface area contributed by atoms with Gasteiger partial charge in [-0.25, -0.2) is 4.79 Å². The number of rotatable bonds is 1. The number of hydrogen-bond donors (Lipinski definition) is 2. The van der Waals surface area contributed by atoms with Crippen LogP contribution in [0.3, 0.4) is 0 Å². The number of ether oxygens (including phenoxy) is 1. The van der Waals surface area contributed by atoms with Crippen LogP contribution in [0.5, 0.6) is 5.75 Å². The Morgan fingerprint density at radius 3 is 2.40 bits per heavy atom. The van der Waals surface area contributed by atoms with E-state index >= 15 is 0 Å². The zero-order valence-electron chi connectivity index (χ0n) is 12.0. The predicted molar refractivity (Wildman–Crippen MR) is 74.7 cm³/mol.